The van der Waals surface area contributed by atoms with Crippen molar-refractivity contribution in [2.24, 2.45) is 0 Å². The van der Waals surface area contributed by atoms with Gasteiger partial charge in [0.15, 0.2) is 9.84 Å². The Kier molecular flexibility index (Phi) is 4.37. The van der Waals surface area contributed by atoms with Gasteiger partial charge in [0.2, 0.25) is 5.91 Å². The zero-order valence-corrected chi connectivity index (χ0v) is 14.4. The lowest BCUT2D eigenvalue weighted by Gasteiger charge is -2.23. The number of amides is 1. The standard InChI is InChI=1S/C13H15N3O3S3/c1-16(9-3-5-22(18,19)7-9)11(17)6-21-13-10-2-4-20-12(10)14-8-15-13/h2,4,8-9H,3,5-7H2,1H3/t9-/m0/s1. The minimum absolute atomic E-state index is 0.0716. The fourth-order valence-corrected chi connectivity index (χ4v) is 5.88. The summed E-state index contributed by atoms with van der Waals surface area (Å²) in [5.74, 6) is 0.412. The van der Waals surface area contributed by atoms with Crippen molar-refractivity contribution in [3.8, 4) is 0 Å². The quantitative estimate of drug-likeness (QED) is 0.608. The summed E-state index contributed by atoms with van der Waals surface area (Å²) in [5, 5.41) is 3.68. The second-order valence-electron chi connectivity index (χ2n) is 5.17. The molecule has 1 aliphatic heterocycles. The summed E-state index contributed by atoms with van der Waals surface area (Å²) < 4.78 is 23.0. The van der Waals surface area contributed by atoms with Gasteiger partial charge in [0, 0.05) is 18.5 Å². The number of sulfone groups is 1. The van der Waals surface area contributed by atoms with E-state index in [1.54, 1.807) is 11.9 Å². The highest BCUT2D eigenvalue weighted by Crippen LogP contribution is 2.28. The molecule has 1 fully saturated rings. The van der Waals surface area contributed by atoms with Crippen LogP contribution in [-0.2, 0) is 14.6 Å². The highest BCUT2D eigenvalue weighted by molar-refractivity contribution is 8.00. The maximum Gasteiger partial charge on any atom is 0.233 e. The Balaban J connectivity index is 1.64. The van der Waals surface area contributed by atoms with Gasteiger partial charge < -0.3 is 4.90 Å². The average molecular weight is 357 g/mol. The topological polar surface area (TPSA) is 80.2 Å². The number of rotatable bonds is 4. The van der Waals surface area contributed by atoms with Crippen LogP contribution in [0.2, 0.25) is 0 Å². The first-order valence-electron chi connectivity index (χ1n) is 6.73. The highest BCUT2D eigenvalue weighted by atomic mass is 32.2. The van der Waals surface area contributed by atoms with Crippen LogP contribution in [0.15, 0.2) is 22.8 Å². The van der Waals surface area contributed by atoms with Crippen LogP contribution in [0.3, 0.4) is 0 Å². The van der Waals surface area contributed by atoms with E-state index in [-0.39, 0.29) is 29.2 Å². The van der Waals surface area contributed by atoms with Crippen LogP contribution >= 0.6 is 23.1 Å². The molecule has 118 valence electrons. The molecule has 1 amide bonds. The van der Waals surface area contributed by atoms with E-state index in [0.717, 1.165) is 15.2 Å². The molecule has 22 heavy (non-hydrogen) atoms. The molecule has 3 rings (SSSR count). The molecule has 1 aliphatic rings. The molecular weight excluding hydrogens is 342 g/mol. The van der Waals surface area contributed by atoms with Crippen LogP contribution in [0.1, 0.15) is 6.42 Å². The van der Waals surface area contributed by atoms with Gasteiger partial charge in [0.25, 0.3) is 0 Å². The van der Waals surface area contributed by atoms with Crippen molar-refractivity contribution in [3.63, 3.8) is 0 Å². The number of thiophene rings is 1. The van der Waals surface area contributed by atoms with Gasteiger partial charge in [-0.2, -0.15) is 0 Å². The first kappa shape index (κ1) is 15.7. The van der Waals surface area contributed by atoms with Gasteiger partial charge in [-0.3, -0.25) is 4.79 Å². The van der Waals surface area contributed by atoms with E-state index in [9.17, 15) is 13.2 Å². The van der Waals surface area contributed by atoms with Crippen molar-refractivity contribution in [1.82, 2.24) is 14.9 Å². The molecule has 2 aromatic heterocycles. The molecule has 1 saturated heterocycles. The van der Waals surface area contributed by atoms with Crippen molar-refractivity contribution < 1.29 is 13.2 Å². The summed E-state index contributed by atoms with van der Waals surface area (Å²) >= 11 is 2.90. The van der Waals surface area contributed by atoms with Crippen LogP contribution < -0.4 is 0 Å². The molecule has 2 aromatic rings. The van der Waals surface area contributed by atoms with E-state index >= 15 is 0 Å². The van der Waals surface area contributed by atoms with Crippen LogP contribution in [0.5, 0.6) is 0 Å². The molecule has 0 N–H and O–H groups in total. The maximum atomic E-state index is 12.3. The second-order valence-corrected chi connectivity index (χ2v) is 9.26. The van der Waals surface area contributed by atoms with Crippen LogP contribution in [0.25, 0.3) is 10.2 Å². The smallest absolute Gasteiger partial charge is 0.233 e. The zero-order chi connectivity index (χ0) is 15.7. The number of carbonyl (C=O) groups is 1. The summed E-state index contributed by atoms with van der Waals surface area (Å²) in [4.78, 5) is 23.1. The molecule has 0 radical (unpaired) electrons. The Morgan fingerprint density at radius 2 is 2.32 bits per heavy atom. The monoisotopic (exact) mass is 357 g/mol. The van der Waals surface area contributed by atoms with E-state index < -0.39 is 9.84 Å². The number of hydrogen-bond acceptors (Lipinski definition) is 7. The van der Waals surface area contributed by atoms with Crippen molar-refractivity contribution in [2.75, 3.05) is 24.3 Å². The van der Waals surface area contributed by atoms with Gasteiger partial charge in [-0.05, 0) is 17.9 Å². The molecule has 0 spiro atoms. The summed E-state index contributed by atoms with van der Waals surface area (Å²) in [6.07, 6.45) is 2.02. The van der Waals surface area contributed by atoms with Gasteiger partial charge in [0.1, 0.15) is 16.2 Å². The Morgan fingerprint density at radius 3 is 3.05 bits per heavy atom. The fourth-order valence-electron chi connectivity index (χ4n) is 2.40. The summed E-state index contributed by atoms with van der Waals surface area (Å²) in [6.45, 7) is 0. The normalized spacial score (nSPS) is 20.3. The highest BCUT2D eigenvalue weighted by Gasteiger charge is 2.32. The number of fused-ring (bicyclic) bond motifs is 1. The van der Waals surface area contributed by atoms with Gasteiger partial charge in [0.05, 0.1) is 17.3 Å². The zero-order valence-electron chi connectivity index (χ0n) is 11.9. The lowest BCUT2D eigenvalue weighted by molar-refractivity contribution is -0.128. The van der Waals surface area contributed by atoms with Gasteiger partial charge in [-0.15, -0.1) is 11.3 Å². The Hall–Kier alpha value is -1.19. The van der Waals surface area contributed by atoms with Crippen LogP contribution in [-0.4, -0.2) is 59.5 Å². The summed E-state index contributed by atoms with van der Waals surface area (Å²) in [5.41, 5.74) is 0. The SMILES string of the molecule is CN(C(=O)CSc1ncnc2sccc12)[C@H]1CCS(=O)(=O)C1. The number of carbonyl (C=O) groups excluding carboxylic acids is 1. The number of hydrogen-bond donors (Lipinski definition) is 0. The van der Waals surface area contributed by atoms with Crippen molar-refractivity contribution in [2.45, 2.75) is 17.5 Å². The third-order valence-corrected chi connectivity index (χ3v) is 7.27. The second kappa shape index (κ2) is 6.13. The molecule has 6 nitrogen and oxygen atoms in total. The molecule has 1 atom stereocenters. The maximum absolute atomic E-state index is 12.3. The molecule has 0 aromatic carbocycles. The summed E-state index contributed by atoms with van der Waals surface area (Å²) in [7, 11) is -1.31. The number of aromatic nitrogens is 2. The Morgan fingerprint density at radius 1 is 1.50 bits per heavy atom. The predicted octanol–water partition coefficient (Wildman–Crippen LogP) is 1.43. The predicted molar refractivity (Wildman–Crippen MR) is 88.0 cm³/mol. The van der Waals surface area contributed by atoms with E-state index in [0.29, 0.717) is 6.42 Å². The molecule has 0 unspecified atom stereocenters. The third-order valence-electron chi connectivity index (χ3n) is 3.71. The Labute approximate surface area is 136 Å². The lowest BCUT2D eigenvalue weighted by atomic mass is 10.2. The van der Waals surface area contributed by atoms with Crippen LogP contribution in [0, 0.1) is 0 Å². The third kappa shape index (κ3) is 3.26. The van der Waals surface area contributed by atoms with E-state index in [1.165, 1.54) is 29.4 Å². The first-order valence-corrected chi connectivity index (χ1v) is 10.4. The molecular formula is C13H15N3O3S3. The average Bonchev–Trinajstić information content (AvgIpc) is 3.10. The van der Waals surface area contributed by atoms with Crippen molar-refractivity contribution in [3.05, 3.63) is 17.8 Å². The largest absolute Gasteiger partial charge is 0.341 e. The van der Waals surface area contributed by atoms with E-state index in [1.807, 2.05) is 11.4 Å². The number of thioether (sulfide) groups is 1. The van der Waals surface area contributed by atoms with Crippen molar-refractivity contribution >= 4 is 49.1 Å². The lowest BCUT2D eigenvalue weighted by Crippen LogP contribution is -2.38. The summed E-state index contributed by atoms with van der Waals surface area (Å²) in [6, 6.07) is 1.74. The molecule has 0 bridgehead atoms. The Bertz CT molecular complexity index is 803. The van der Waals surface area contributed by atoms with Crippen LogP contribution in [0.4, 0.5) is 0 Å². The van der Waals surface area contributed by atoms with Gasteiger partial charge in [-0.1, -0.05) is 11.8 Å². The van der Waals surface area contributed by atoms with Gasteiger partial charge >= 0.3 is 0 Å². The number of nitrogens with zero attached hydrogens (tertiary/aromatic N) is 3. The van der Waals surface area contributed by atoms with E-state index in [4.69, 9.17) is 0 Å². The molecule has 9 heteroatoms. The minimum atomic E-state index is -2.98. The molecule has 0 saturated carbocycles. The van der Waals surface area contributed by atoms with E-state index in [2.05, 4.69) is 9.97 Å². The fraction of sp³-hybridized carbons (Fsp3) is 0.462. The first-order chi connectivity index (χ1) is 10.5. The van der Waals surface area contributed by atoms with Gasteiger partial charge in [-0.25, -0.2) is 18.4 Å². The molecule has 3 heterocycles. The van der Waals surface area contributed by atoms with Crippen molar-refractivity contribution in [1.29, 1.82) is 0 Å². The minimum Gasteiger partial charge on any atom is -0.341 e. The molecule has 0 aliphatic carbocycles.